The molecule has 1 aromatic carbocycles. The average Bonchev–Trinajstić information content (AvgIpc) is 2.39. The van der Waals surface area contributed by atoms with Gasteiger partial charge in [0.1, 0.15) is 12.4 Å². The molecule has 1 aromatic heterocycles. The number of nitrogens with zero attached hydrogens (tertiary/aromatic N) is 1. The molecule has 0 bridgehead atoms. The van der Waals surface area contributed by atoms with Crippen LogP contribution in [-0.4, -0.2) is 25.3 Å². The Balaban J connectivity index is 2.40. The number of hydrogen-bond donors (Lipinski definition) is 1. The summed E-state index contributed by atoms with van der Waals surface area (Å²) in [5.74, 6) is 0.815. The third-order valence-corrected chi connectivity index (χ3v) is 2.55. The van der Waals surface area contributed by atoms with Crippen molar-refractivity contribution in [1.82, 2.24) is 4.98 Å². The first-order valence-corrected chi connectivity index (χ1v) is 5.55. The molecule has 0 atom stereocenters. The molecule has 2 N–H and O–H groups in total. The van der Waals surface area contributed by atoms with Crippen LogP contribution in [0, 0.1) is 0 Å². The van der Waals surface area contributed by atoms with Crippen LogP contribution in [0.5, 0.6) is 5.75 Å². The van der Waals surface area contributed by atoms with E-state index in [2.05, 4.69) is 4.98 Å². The summed E-state index contributed by atoms with van der Waals surface area (Å²) >= 11 is 0. The van der Waals surface area contributed by atoms with Crippen molar-refractivity contribution in [3.8, 4) is 5.75 Å². The highest BCUT2D eigenvalue weighted by Crippen LogP contribution is 2.27. The topological polar surface area (TPSA) is 57.4 Å². The summed E-state index contributed by atoms with van der Waals surface area (Å²) in [6.45, 7) is 1.48. The molecule has 90 valence electrons. The lowest BCUT2D eigenvalue weighted by Crippen LogP contribution is -2.08. The number of rotatable bonds is 5. The van der Waals surface area contributed by atoms with Gasteiger partial charge in [-0.1, -0.05) is 12.1 Å². The third kappa shape index (κ3) is 2.54. The number of benzene rings is 1. The van der Waals surface area contributed by atoms with Crippen LogP contribution < -0.4 is 10.5 Å². The fourth-order valence-electron chi connectivity index (χ4n) is 1.70. The van der Waals surface area contributed by atoms with Crippen molar-refractivity contribution in [3.05, 3.63) is 36.0 Å². The lowest BCUT2D eigenvalue weighted by Gasteiger charge is -2.12. The maximum atomic E-state index is 5.74. The van der Waals surface area contributed by atoms with E-state index in [0.717, 1.165) is 22.2 Å². The summed E-state index contributed by atoms with van der Waals surface area (Å²) in [5, 5.41) is 0.992. The Morgan fingerprint density at radius 1 is 1.24 bits per heavy atom. The zero-order valence-electron chi connectivity index (χ0n) is 9.85. The first-order valence-electron chi connectivity index (χ1n) is 5.55. The van der Waals surface area contributed by atoms with Gasteiger partial charge in [-0.15, -0.1) is 0 Å². The highest BCUT2D eigenvalue weighted by atomic mass is 16.5. The molecule has 0 spiro atoms. The number of nitrogens with two attached hydrogens (primary N) is 1. The van der Waals surface area contributed by atoms with Crippen molar-refractivity contribution >= 4 is 10.9 Å². The van der Waals surface area contributed by atoms with Crippen molar-refractivity contribution in [2.45, 2.75) is 6.54 Å². The molecule has 2 aromatic rings. The molecule has 0 saturated carbocycles. The van der Waals surface area contributed by atoms with Crippen LogP contribution in [0.3, 0.4) is 0 Å². The first-order chi connectivity index (χ1) is 8.36. The van der Waals surface area contributed by atoms with Crippen LogP contribution in [-0.2, 0) is 11.3 Å². The van der Waals surface area contributed by atoms with Crippen molar-refractivity contribution in [2.24, 2.45) is 5.73 Å². The zero-order chi connectivity index (χ0) is 12.1. The van der Waals surface area contributed by atoms with E-state index >= 15 is 0 Å². The van der Waals surface area contributed by atoms with Gasteiger partial charge in [-0.25, -0.2) is 0 Å². The standard InChI is InChI=1S/C13H16N2O2/c1-16-6-7-17-13-10(8-14)9-15-12-5-3-2-4-11(12)13/h2-5,9H,6-8,14H2,1H3. The minimum atomic E-state index is 0.417. The van der Waals surface area contributed by atoms with Gasteiger partial charge in [0.2, 0.25) is 0 Å². The second-order valence-corrected chi connectivity index (χ2v) is 3.68. The van der Waals surface area contributed by atoms with Gasteiger partial charge < -0.3 is 15.2 Å². The molecular formula is C13H16N2O2. The summed E-state index contributed by atoms with van der Waals surface area (Å²) in [6, 6.07) is 7.87. The fraction of sp³-hybridized carbons (Fsp3) is 0.308. The van der Waals surface area contributed by atoms with E-state index in [4.69, 9.17) is 15.2 Å². The Kier molecular flexibility index (Phi) is 3.90. The molecule has 0 unspecified atom stereocenters. The van der Waals surface area contributed by atoms with E-state index in [-0.39, 0.29) is 0 Å². The monoisotopic (exact) mass is 232 g/mol. The van der Waals surface area contributed by atoms with Crippen LogP contribution in [0.15, 0.2) is 30.5 Å². The third-order valence-electron chi connectivity index (χ3n) is 2.55. The number of methoxy groups -OCH3 is 1. The molecule has 4 nitrogen and oxygen atoms in total. The molecule has 0 saturated heterocycles. The molecule has 0 aliphatic carbocycles. The highest BCUT2D eigenvalue weighted by molar-refractivity contribution is 5.86. The van der Waals surface area contributed by atoms with E-state index < -0.39 is 0 Å². The normalized spacial score (nSPS) is 10.7. The largest absolute Gasteiger partial charge is 0.490 e. The number of ether oxygens (including phenoxy) is 2. The Morgan fingerprint density at radius 3 is 2.82 bits per heavy atom. The van der Waals surface area contributed by atoms with E-state index in [9.17, 15) is 0 Å². The van der Waals surface area contributed by atoms with Crippen LogP contribution in [0.2, 0.25) is 0 Å². The highest BCUT2D eigenvalue weighted by Gasteiger charge is 2.08. The van der Waals surface area contributed by atoms with E-state index in [0.29, 0.717) is 19.8 Å². The molecule has 1 heterocycles. The Labute approximate surface area is 100 Å². The minimum absolute atomic E-state index is 0.417. The van der Waals surface area contributed by atoms with Crippen LogP contribution in [0.25, 0.3) is 10.9 Å². The molecular weight excluding hydrogens is 216 g/mol. The van der Waals surface area contributed by atoms with Gasteiger partial charge in [0, 0.05) is 30.8 Å². The molecule has 2 rings (SSSR count). The maximum absolute atomic E-state index is 5.74. The molecule has 0 aliphatic heterocycles. The van der Waals surface area contributed by atoms with Gasteiger partial charge >= 0.3 is 0 Å². The Hall–Kier alpha value is -1.65. The van der Waals surface area contributed by atoms with E-state index in [1.54, 1.807) is 13.3 Å². The molecule has 0 amide bonds. The van der Waals surface area contributed by atoms with Crippen molar-refractivity contribution < 1.29 is 9.47 Å². The summed E-state index contributed by atoms with van der Waals surface area (Å²) in [5.41, 5.74) is 7.53. The number of fused-ring (bicyclic) bond motifs is 1. The second-order valence-electron chi connectivity index (χ2n) is 3.68. The lowest BCUT2D eigenvalue weighted by molar-refractivity contribution is 0.146. The maximum Gasteiger partial charge on any atom is 0.134 e. The van der Waals surface area contributed by atoms with Crippen LogP contribution in [0.1, 0.15) is 5.56 Å². The average molecular weight is 232 g/mol. The summed E-state index contributed by atoms with van der Waals surface area (Å²) in [6.07, 6.45) is 1.77. The van der Waals surface area contributed by atoms with Crippen molar-refractivity contribution in [2.75, 3.05) is 20.3 Å². The smallest absolute Gasteiger partial charge is 0.134 e. The van der Waals surface area contributed by atoms with E-state index in [1.807, 2.05) is 24.3 Å². The molecule has 17 heavy (non-hydrogen) atoms. The molecule has 0 radical (unpaired) electrons. The first kappa shape index (κ1) is 11.8. The molecule has 0 aliphatic rings. The van der Waals surface area contributed by atoms with Gasteiger partial charge in [-0.05, 0) is 12.1 Å². The molecule has 0 fully saturated rings. The van der Waals surface area contributed by atoms with Gasteiger partial charge in [-0.2, -0.15) is 0 Å². The van der Waals surface area contributed by atoms with Gasteiger partial charge in [0.25, 0.3) is 0 Å². The van der Waals surface area contributed by atoms with Gasteiger partial charge in [0.05, 0.1) is 12.1 Å². The number of para-hydroxylation sites is 1. The second kappa shape index (κ2) is 5.61. The molecule has 4 heteroatoms. The lowest BCUT2D eigenvalue weighted by atomic mass is 10.1. The van der Waals surface area contributed by atoms with Crippen molar-refractivity contribution in [3.63, 3.8) is 0 Å². The zero-order valence-corrected chi connectivity index (χ0v) is 9.85. The quantitative estimate of drug-likeness (QED) is 0.797. The Morgan fingerprint density at radius 2 is 2.06 bits per heavy atom. The van der Waals surface area contributed by atoms with E-state index in [1.165, 1.54) is 0 Å². The van der Waals surface area contributed by atoms with Crippen molar-refractivity contribution in [1.29, 1.82) is 0 Å². The number of pyridine rings is 1. The Bertz CT molecular complexity index is 500. The predicted molar refractivity (Wildman–Crippen MR) is 67.0 cm³/mol. The fourth-order valence-corrected chi connectivity index (χ4v) is 1.70. The predicted octanol–water partition coefficient (Wildman–Crippen LogP) is 1.72. The van der Waals surface area contributed by atoms with Gasteiger partial charge in [0.15, 0.2) is 0 Å². The summed E-state index contributed by atoms with van der Waals surface area (Å²) in [4.78, 5) is 4.35. The minimum Gasteiger partial charge on any atom is -0.490 e. The van der Waals surface area contributed by atoms with Crippen LogP contribution >= 0.6 is 0 Å². The summed E-state index contributed by atoms with van der Waals surface area (Å²) in [7, 11) is 1.65. The summed E-state index contributed by atoms with van der Waals surface area (Å²) < 4.78 is 10.7. The SMILES string of the molecule is COCCOc1c(CN)cnc2ccccc12. The number of aromatic nitrogens is 1. The van der Waals surface area contributed by atoms with Gasteiger partial charge in [-0.3, -0.25) is 4.98 Å². The van der Waals surface area contributed by atoms with Crippen LogP contribution in [0.4, 0.5) is 0 Å². The number of hydrogen-bond acceptors (Lipinski definition) is 4.